The van der Waals surface area contributed by atoms with Crippen LogP contribution in [-0.4, -0.2) is 35.5 Å². The van der Waals surface area contributed by atoms with Crippen molar-refractivity contribution in [2.75, 3.05) is 25.4 Å². The van der Waals surface area contributed by atoms with Gasteiger partial charge in [0.25, 0.3) is 0 Å². The Morgan fingerprint density at radius 3 is 2.50 bits per heavy atom. The number of benzene rings is 1. The third kappa shape index (κ3) is 9.56. The molecule has 0 radical (unpaired) electrons. The molecule has 0 saturated heterocycles. The first-order chi connectivity index (χ1) is 10.1. The highest BCUT2D eigenvalue weighted by Gasteiger charge is 2.06. The molecule has 1 rings (SSSR count). The van der Waals surface area contributed by atoms with E-state index in [4.69, 9.17) is 0 Å². The van der Waals surface area contributed by atoms with Crippen molar-refractivity contribution in [1.82, 2.24) is 10.6 Å². The molecule has 1 aromatic carbocycles. The molecule has 22 heavy (non-hydrogen) atoms. The van der Waals surface area contributed by atoms with Crippen LogP contribution in [0.15, 0.2) is 33.6 Å². The molecule has 2 N–H and O–H groups in total. The lowest BCUT2D eigenvalue weighted by Crippen LogP contribution is -2.32. The highest BCUT2D eigenvalue weighted by molar-refractivity contribution is 9.10. The Morgan fingerprint density at radius 2 is 1.86 bits per heavy atom. The summed E-state index contributed by atoms with van der Waals surface area (Å²) < 4.78 is 13.0. The van der Waals surface area contributed by atoms with E-state index in [1.165, 1.54) is 0 Å². The summed E-state index contributed by atoms with van der Waals surface area (Å²) in [6.45, 7) is 4.53. The maximum absolute atomic E-state index is 12.0. The van der Waals surface area contributed by atoms with Gasteiger partial charge in [-0.2, -0.15) is 0 Å². The number of hydrogen-bond acceptors (Lipinski definition) is 3. The summed E-state index contributed by atoms with van der Waals surface area (Å²) in [4.78, 5) is 12.4. The van der Waals surface area contributed by atoms with Crippen LogP contribution in [0.1, 0.15) is 26.2 Å². The third-order valence-corrected chi connectivity index (χ3v) is 4.85. The fourth-order valence-corrected chi connectivity index (χ4v) is 3.09. The summed E-state index contributed by atoms with van der Waals surface area (Å²) >= 11 is 3.35. The predicted molar refractivity (Wildman–Crippen MR) is 98.1 cm³/mol. The quantitative estimate of drug-likeness (QED) is 0.582. The second-order valence-electron chi connectivity index (χ2n) is 4.71. The molecule has 0 spiro atoms. The number of rotatable bonds is 10. The van der Waals surface area contributed by atoms with Gasteiger partial charge in [0.1, 0.15) is 0 Å². The number of halogens is 2. The molecule has 7 heteroatoms. The van der Waals surface area contributed by atoms with E-state index in [2.05, 4.69) is 33.5 Å². The lowest BCUT2D eigenvalue weighted by molar-refractivity contribution is -0.121. The van der Waals surface area contributed by atoms with Crippen LogP contribution in [0.3, 0.4) is 0 Å². The largest absolute Gasteiger partial charge is 0.355 e. The van der Waals surface area contributed by atoms with Gasteiger partial charge in [0.05, 0.1) is 10.8 Å². The minimum atomic E-state index is -1.03. The van der Waals surface area contributed by atoms with Crippen LogP contribution in [0.25, 0.3) is 0 Å². The topological polar surface area (TPSA) is 58.2 Å². The molecule has 0 aliphatic rings. The SMILES string of the molecule is CCCNCCNC(=O)CCCS(=O)c1ccc(Br)cc1.Cl. The fraction of sp³-hybridized carbons (Fsp3) is 0.533. The van der Waals surface area contributed by atoms with E-state index < -0.39 is 10.8 Å². The predicted octanol–water partition coefficient (Wildman–Crippen LogP) is 2.87. The summed E-state index contributed by atoms with van der Waals surface area (Å²) in [7, 11) is -1.03. The monoisotopic (exact) mass is 410 g/mol. The zero-order chi connectivity index (χ0) is 15.5. The van der Waals surface area contributed by atoms with Crippen LogP contribution in [0.2, 0.25) is 0 Å². The molecule has 0 aromatic heterocycles. The molecule has 0 aliphatic carbocycles. The van der Waals surface area contributed by atoms with Gasteiger partial charge in [0.2, 0.25) is 5.91 Å². The van der Waals surface area contributed by atoms with E-state index in [0.29, 0.717) is 25.1 Å². The van der Waals surface area contributed by atoms with Crippen molar-refractivity contribution < 1.29 is 9.00 Å². The van der Waals surface area contributed by atoms with Crippen molar-refractivity contribution in [2.24, 2.45) is 0 Å². The van der Waals surface area contributed by atoms with Crippen LogP contribution < -0.4 is 10.6 Å². The van der Waals surface area contributed by atoms with Gasteiger partial charge in [-0.25, -0.2) is 0 Å². The highest BCUT2D eigenvalue weighted by atomic mass is 79.9. The first-order valence-corrected chi connectivity index (χ1v) is 9.36. The van der Waals surface area contributed by atoms with E-state index >= 15 is 0 Å². The second kappa shape index (κ2) is 13.0. The van der Waals surface area contributed by atoms with E-state index in [9.17, 15) is 9.00 Å². The van der Waals surface area contributed by atoms with E-state index in [0.717, 1.165) is 28.9 Å². The molecule has 0 fully saturated rings. The summed E-state index contributed by atoms with van der Waals surface area (Å²) in [5.74, 6) is 0.546. The van der Waals surface area contributed by atoms with Gasteiger partial charge >= 0.3 is 0 Å². The van der Waals surface area contributed by atoms with Gasteiger partial charge in [-0.05, 0) is 43.7 Å². The zero-order valence-corrected chi connectivity index (χ0v) is 16.0. The number of carbonyl (C=O) groups is 1. The average Bonchev–Trinajstić information content (AvgIpc) is 2.47. The molecule has 0 aliphatic heterocycles. The maximum Gasteiger partial charge on any atom is 0.220 e. The van der Waals surface area contributed by atoms with E-state index in [-0.39, 0.29) is 18.3 Å². The third-order valence-electron chi connectivity index (χ3n) is 2.86. The number of carbonyl (C=O) groups excluding carboxylic acids is 1. The molecule has 0 saturated carbocycles. The normalized spacial score (nSPS) is 11.5. The van der Waals surface area contributed by atoms with Gasteiger partial charge in [-0.1, -0.05) is 22.9 Å². The minimum Gasteiger partial charge on any atom is -0.355 e. The van der Waals surface area contributed by atoms with Crippen molar-refractivity contribution in [2.45, 2.75) is 31.1 Å². The Bertz CT molecular complexity index is 457. The summed E-state index contributed by atoms with van der Waals surface area (Å²) in [5.41, 5.74) is 0. The second-order valence-corrected chi connectivity index (χ2v) is 7.19. The Kier molecular flexibility index (Phi) is 12.8. The number of nitrogens with one attached hydrogen (secondary N) is 2. The van der Waals surface area contributed by atoms with Crippen molar-refractivity contribution >= 4 is 45.0 Å². The molecule has 1 unspecified atom stereocenters. The first-order valence-electron chi connectivity index (χ1n) is 7.25. The van der Waals surface area contributed by atoms with Crippen LogP contribution in [0.5, 0.6) is 0 Å². The Morgan fingerprint density at radius 1 is 1.18 bits per heavy atom. The smallest absolute Gasteiger partial charge is 0.220 e. The van der Waals surface area contributed by atoms with Crippen molar-refractivity contribution in [1.29, 1.82) is 0 Å². The molecule has 126 valence electrons. The van der Waals surface area contributed by atoms with Crippen LogP contribution in [-0.2, 0) is 15.6 Å². The molecule has 0 bridgehead atoms. The summed E-state index contributed by atoms with van der Waals surface area (Å²) in [5, 5.41) is 6.08. The number of hydrogen-bond donors (Lipinski definition) is 2. The van der Waals surface area contributed by atoms with Crippen LogP contribution in [0.4, 0.5) is 0 Å². The molecule has 0 heterocycles. The highest BCUT2D eigenvalue weighted by Crippen LogP contribution is 2.14. The maximum atomic E-state index is 12.0. The van der Waals surface area contributed by atoms with Crippen molar-refractivity contribution in [3.8, 4) is 0 Å². The molecular weight excluding hydrogens is 388 g/mol. The molecular formula is C15H24BrClN2O2S. The van der Waals surface area contributed by atoms with Gasteiger partial charge in [0.15, 0.2) is 0 Å². The standard InChI is InChI=1S/C15H23BrN2O2S.ClH/c1-2-9-17-10-11-18-15(19)4-3-12-21(20)14-7-5-13(16)6-8-14;/h5-8,17H,2-4,9-12H2,1H3,(H,18,19);1H. The molecule has 1 aromatic rings. The zero-order valence-electron chi connectivity index (χ0n) is 12.8. The Hall–Kier alpha value is -0.430. The summed E-state index contributed by atoms with van der Waals surface area (Å²) in [6.07, 6.45) is 2.16. The molecule has 1 atom stereocenters. The van der Waals surface area contributed by atoms with Crippen LogP contribution in [0, 0.1) is 0 Å². The van der Waals surface area contributed by atoms with Crippen molar-refractivity contribution in [3.63, 3.8) is 0 Å². The summed E-state index contributed by atoms with van der Waals surface area (Å²) in [6, 6.07) is 7.45. The minimum absolute atomic E-state index is 0. The number of amides is 1. The average molecular weight is 412 g/mol. The van der Waals surface area contributed by atoms with Gasteiger partial charge in [-0.15, -0.1) is 12.4 Å². The lowest BCUT2D eigenvalue weighted by Gasteiger charge is -2.06. The van der Waals surface area contributed by atoms with Gasteiger partial charge in [0, 0.05) is 34.6 Å². The first kappa shape index (κ1) is 21.6. The lowest BCUT2D eigenvalue weighted by atomic mass is 10.3. The van der Waals surface area contributed by atoms with E-state index in [1.807, 2.05) is 24.3 Å². The molecule has 4 nitrogen and oxygen atoms in total. The fourth-order valence-electron chi connectivity index (χ4n) is 1.75. The van der Waals surface area contributed by atoms with E-state index in [1.54, 1.807) is 0 Å². The van der Waals surface area contributed by atoms with Crippen LogP contribution >= 0.6 is 28.3 Å². The van der Waals surface area contributed by atoms with Gasteiger partial charge < -0.3 is 10.6 Å². The van der Waals surface area contributed by atoms with Crippen molar-refractivity contribution in [3.05, 3.63) is 28.7 Å². The Balaban J connectivity index is 0.00000441. The molecule has 1 amide bonds. The van der Waals surface area contributed by atoms with Gasteiger partial charge in [-0.3, -0.25) is 9.00 Å². The Labute approximate surface area is 149 Å².